The number of hydrogen-bond acceptors (Lipinski definition) is 2. The molecule has 1 heterocycles. The van der Waals surface area contributed by atoms with Gasteiger partial charge >= 0.3 is 0 Å². The van der Waals surface area contributed by atoms with Gasteiger partial charge in [0.1, 0.15) is 6.10 Å². The maximum Gasteiger partial charge on any atom is 0.251 e. The molecule has 3 nitrogen and oxygen atoms in total. The van der Waals surface area contributed by atoms with Crippen LogP contribution in [0.2, 0.25) is 0 Å². The lowest BCUT2D eigenvalue weighted by molar-refractivity contribution is -0.144. The molecule has 0 N–H and O–H groups in total. The third-order valence-corrected chi connectivity index (χ3v) is 5.51. The molecule has 1 atom stereocenters. The van der Waals surface area contributed by atoms with Crippen LogP contribution in [-0.2, 0) is 16.0 Å². The number of carbonyl (C=O) groups excluding carboxylic acids is 1. The van der Waals surface area contributed by atoms with Crippen molar-refractivity contribution in [2.24, 2.45) is 11.8 Å². The highest BCUT2D eigenvalue weighted by Gasteiger charge is 2.28. The number of benzene rings is 1. The molecule has 1 aromatic rings. The van der Waals surface area contributed by atoms with Gasteiger partial charge in [-0.3, -0.25) is 4.79 Å². The first-order valence-electron chi connectivity index (χ1n) is 9.57. The number of aryl methyl sites for hydroxylation is 2. The van der Waals surface area contributed by atoms with E-state index in [9.17, 15) is 4.79 Å². The number of rotatable bonds is 7. The van der Waals surface area contributed by atoms with E-state index in [2.05, 4.69) is 31.2 Å². The van der Waals surface area contributed by atoms with Crippen molar-refractivity contribution in [3.8, 4) is 0 Å². The van der Waals surface area contributed by atoms with Crippen molar-refractivity contribution in [3.05, 3.63) is 35.4 Å². The minimum Gasteiger partial charge on any atom is -0.368 e. The highest BCUT2D eigenvalue weighted by atomic mass is 16.5. The van der Waals surface area contributed by atoms with Gasteiger partial charge in [-0.25, -0.2) is 0 Å². The zero-order valence-corrected chi connectivity index (χ0v) is 15.2. The predicted octanol–water partition coefficient (Wildman–Crippen LogP) is 3.98. The van der Waals surface area contributed by atoms with Gasteiger partial charge in [0.25, 0.3) is 5.91 Å². The van der Waals surface area contributed by atoms with Crippen LogP contribution in [0.25, 0.3) is 0 Å². The van der Waals surface area contributed by atoms with E-state index in [4.69, 9.17) is 4.74 Å². The molecule has 0 unspecified atom stereocenters. The van der Waals surface area contributed by atoms with Crippen molar-refractivity contribution in [1.29, 1.82) is 0 Å². The topological polar surface area (TPSA) is 29.5 Å². The molecule has 1 aliphatic heterocycles. The van der Waals surface area contributed by atoms with E-state index < -0.39 is 0 Å². The molecular weight excluding hydrogens is 298 g/mol. The summed E-state index contributed by atoms with van der Waals surface area (Å²) in [4.78, 5) is 14.5. The summed E-state index contributed by atoms with van der Waals surface area (Å²) < 4.78 is 5.73. The van der Waals surface area contributed by atoms with Crippen molar-refractivity contribution in [1.82, 2.24) is 4.90 Å². The van der Waals surface area contributed by atoms with Crippen LogP contribution in [0.15, 0.2) is 24.3 Å². The average molecular weight is 329 g/mol. The second-order valence-electron chi connectivity index (χ2n) is 7.71. The molecule has 0 bridgehead atoms. The second kappa shape index (κ2) is 8.15. The van der Waals surface area contributed by atoms with Crippen molar-refractivity contribution in [2.75, 3.05) is 19.7 Å². The van der Waals surface area contributed by atoms with Crippen molar-refractivity contribution in [3.63, 3.8) is 0 Å². The molecule has 0 spiro atoms. The Hall–Kier alpha value is -1.35. The summed E-state index contributed by atoms with van der Waals surface area (Å²) in [6.07, 6.45) is 6.92. The summed E-state index contributed by atoms with van der Waals surface area (Å²) in [5.74, 6) is 1.65. The van der Waals surface area contributed by atoms with E-state index in [1.165, 1.54) is 30.4 Å². The molecule has 1 aromatic carbocycles. The van der Waals surface area contributed by atoms with Gasteiger partial charge in [-0.1, -0.05) is 29.8 Å². The monoisotopic (exact) mass is 329 g/mol. The maximum absolute atomic E-state index is 12.4. The highest BCUT2D eigenvalue weighted by molar-refractivity contribution is 5.80. The Bertz CT molecular complexity index is 527. The minimum absolute atomic E-state index is 0.188. The maximum atomic E-state index is 12.4. The van der Waals surface area contributed by atoms with E-state index >= 15 is 0 Å². The third-order valence-electron chi connectivity index (χ3n) is 5.51. The Morgan fingerprint density at radius 2 is 1.79 bits per heavy atom. The number of piperidine rings is 1. The Morgan fingerprint density at radius 1 is 1.12 bits per heavy atom. The van der Waals surface area contributed by atoms with Gasteiger partial charge in [0, 0.05) is 13.1 Å². The lowest BCUT2D eigenvalue weighted by atomic mass is 9.90. The molecule has 24 heavy (non-hydrogen) atoms. The number of ether oxygens (including phenoxy) is 1. The van der Waals surface area contributed by atoms with Crippen LogP contribution >= 0.6 is 0 Å². The Kier molecular flexibility index (Phi) is 5.94. The Morgan fingerprint density at radius 3 is 2.42 bits per heavy atom. The fraction of sp³-hybridized carbons (Fsp3) is 0.667. The fourth-order valence-electron chi connectivity index (χ4n) is 3.46. The summed E-state index contributed by atoms with van der Waals surface area (Å²) in [5, 5.41) is 0. The molecule has 1 saturated carbocycles. The van der Waals surface area contributed by atoms with Crippen molar-refractivity contribution < 1.29 is 9.53 Å². The Labute approximate surface area is 146 Å². The first-order chi connectivity index (χ1) is 11.6. The van der Waals surface area contributed by atoms with Gasteiger partial charge in [0.15, 0.2) is 0 Å². The van der Waals surface area contributed by atoms with E-state index in [0.717, 1.165) is 44.9 Å². The zero-order valence-electron chi connectivity index (χ0n) is 15.2. The van der Waals surface area contributed by atoms with Crippen molar-refractivity contribution >= 4 is 5.91 Å². The number of carbonyl (C=O) groups is 1. The highest BCUT2D eigenvalue weighted by Crippen LogP contribution is 2.29. The number of hydrogen-bond donors (Lipinski definition) is 0. The summed E-state index contributed by atoms with van der Waals surface area (Å²) >= 11 is 0. The smallest absolute Gasteiger partial charge is 0.251 e. The quantitative estimate of drug-likeness (QED) is 0.757. The predicted molar refractivity (Wildman–Crippen MR) is 96.9 cm³/mol. The normalized spacial score (nSPS) is 20.2. The van der Waals surface area contributed by atoms with Gasteiger partial charge in [-0.05, 0) is 69.8 Å². The van der Waals surface area contributed by atoms with E-state index in [-0.39, 0.29) is 12.0 Å². The molecule has 1 amide bonds. The second-order valence-corrected chi connectivity index (χ2v) is 7.71. The molecule has 2 fully saturated rings. The van der Waals surface area contributed by atoms with Crippen LogP contribution in [0.5, 0.6) is 0 Å². The molecule has 1 aliphatic carbocycles. The minimum atomic E-state index is -0.269. The van der Waals surface area contributed by atoms with Crippen LogP contribution < -0.4 is 0 Å². The SMILES string of the molecule is Cc1ccc(CCC2CCN(C(=O)[C@H](C)OCC3CC3)CC2)cc1. The third kappa shape index (κ3) is 5.07. The van der Waals surface area contributed by atoms with E-state index in [1.807, 2.05) is 11.8 Å². The molecule has 3 rings (SSSR count). The molecule has 132 valence electrons. The van der Waals surface area contributed by atoms with E-state index in [1.54, 1.807) is 0 Å². The zero-order chi connectivity index (χ0) is 16.9. The molecule has 3 heteroatoms. The van der Waals surface area contributed by atoms with Gasteiger partial charge in [0.05, 0.1) is 6.61 Å². The van der Waals surface area contributed by atoms with Gasteiger partial charge in [-0.15, -0.1) is 0 Å². The first-order valence-corrected chi connectivity index (χ1v) is 9.57. The van der Waals surface area contributed by atoms with Crippen LogP contribution in [0.3, 0.4) is 0 Å². The Balaban J connectivity index is 1.36. The number of amides is 1. The fourth-order valence-corrected chi connectivity index (χ4v) is 3.46. The molecule has 0 radical (unpaired) electrons. The van der Waals surface area contributed by atoms with Crippen LogP contribution in [0.4, 0.5) is 0 Å². The molecular formula is C21H31NO2. The molecule has 1 saturated heterocycles. The van der Waals surface area contributed by atoms with Gasteiger partial charge < -0.3 is 9.64 Å². The van der Waals surface area contributed by atoms with Crippen LogP contribution in [0.1, 0.15) is 50.2 Å². The largest absolute Gasteiger partial charge is 0.368 e. The van der Waals surface area contributed by atoms with Crippen molar-refractivity contribution in [2.45, 2.75) is 58.5 Å². The first kappa shape index (κ1) is 17.5. The summed E-state index contributed by atoms with van der Waals surface area (Å²) in [6, 6.07) is 8.87. The standard InChI is InChI=1S/C21H31NO2/c1-16-3-5-18(6-4-16)7-8-19-11-13-22(14-12-19)21(23)17(2)24-15-20-9-10-20/h3-6,17,19-20H,7-15H2,1-2H3/t17-/m0/s1. The molecule has 2 aliphatic rings. The summed E-state index contributed by atoms with van der Waals surface area (Å²) in [5.41, 5.74) is 2.75. The van der Waals surface area contributed by atoms with Crippen LogP contribution in [-0.4, -0.2) is 36.6 Å². The summed E-state index contributed by atoms with van der Waals surface area (Å²) in [6.45, 7) is 6.60. The lowest BCUT2D eigenvalue weighted by Crippen LogP contribution is -2.44. The van der Waals surface area contributed by atoms with E-state index in [0.29, 0.717) is 5.92 Å². The van der Waals surface area contributed by atoms with Crippen LogP contribution in [0, 0.1) is 18.8 Å². The number of nitrogens with zero attached hydrogens (tertiary/aromatic N) is 1. The number of likely N-dealkylation sites (tertiary alicyclic amines) is 1. The molecule has 0 aromatic heterocycles. The van der Waals surface area contributed by atoms with Gasteiger partial charge in [0.2, 0.25) is 0 Å². The lowest BCUT2D eigenvalue weighted by Gasteiger charge is -2.33. The summed E-state index contributed by atoms with van der Waals surface area (Å²) in [7, 11) is 0. The average Bonchev–Trinajstić information content (AvgIpc) is 3.43. The van der Waals surface area contributed by atoms with Gasteiger partial charge in [-0.2, -0.15) is 0 Å².